The maximum Gasteiger partial charge on any atom is 0.0857 e. The highest BCUT2D eigenvalue weighted by atomic mass is 16.5. The molecule has 1 saturated carbocycles. The molecule has 118 valence electrons. The predicted octanol–water partition coefficient (Wildman–Crippen LogP) is 2.76. The van der Waals surface area contributed by atoms with Gasteiger partial charge in [-0.25, -0.2) is 0 Å². The van der Waals surface area contributed by atoms with Gasteiger partial charge in [0.25, 0.3) is 0 Å². The first-order valence-electron chi connectivity index (χ1n) is 8.63. The van der Waals surface area contributed by atoms with Crippen molar-refractivity contribution in [2.45, 2.75) is 58.6 Å². The highest BCUT2D eigenvalue weighted by Gasteiger charge is 2.36. The minimum atomic E-state index is 0.378. The molecule has 4 unspecified atom stereocenters. The summed E-state index contributed by atoms with van der Waals surface area (Å²) in [6, 6.07) is 0.544. The van der Waals surface area contributed by atoms with Crippen LogP contribution in [-0.4, -0.2) is 50.3 Å². The molecule has 1 heterocycles. The Morgan fingerprint density at radius 2 is 1.90 bits per heavy atom. The molecule has 1 aliphatic heterocycles. The number of morpholine rings is 1. The van der Waals surface area contributed by atoms with Crippen LogP contribution in [0.3, 0.4) is 0 Å². The molecule has 0 bridgehead atoms. The molecule has 1 aliphatic carbocycles. The molecule has 0 aromatic rings. The Morgan fingerprint density at radius 3 is 2.50 bits per heavy atom. The minimum absolute atomic E-state index is 0.378. The molecule has 4 atom stereocenters. The van der Waals surface area contributed by atoms with E-state index in [1.165, 1.54) is 25.7 Å². The molecule has 1 saturated heterocycles. The predicted molar refractivity (Wildman–Crippen MR) is 85.0 cm³/mol. The maximum atomic E-state index is 6.13. The molecule has 0 radical (unpaired) electrons. The first-order valence-corrected chi connectivity index (χ1v) is 8.63. The van der Waals surface area contributed by atoms with E-state index < -0.39 is 0 Å². The van der Waals surface area contributed by atoms with Crippen molar-refractivity contribution in [1.82, 2.24) is 10.2 Å². The van der Waals surface area contributed by atoms with Crippen LogP contribution in [0.25, 0.3) is 0 Å². The van der Waals surface area contributed by atoms with E-state index in [1.54, 1.807) is 0 Å². The standard InChI is InChI=1S/C17H34N2O/c1-5-6-18-17(16-12-19(4)7-8-20-16)15-10-13(2)9-14(3)11-15/h13-18H,5-12H2,1-4H3. The lowest BCUT2D eigenvalue weighted by atomic mass is 9.72. The summed E-state index contributed by atoms with van der Waals surface area (Å²) in [6.07, 6.45) is 5.73. The number of hydrogen-bond acceptors (Lipinski definition) is 3. The van der Waals surface area contributed by atoms with Crippen molar-refractivity contribution >= 4 is 0 Å². The Kier molecular flexibility index (Phi) is 6.31. The van der Waals surface area contributed by atoms with Gasteiger partial charge in [0, 0.05) is 19.1 Å². The van der Waals surface area contributed by atoms with E-state index in [9.17, 15) is 0 Å². The molecular formula is C17H34N2O. The Morgan fingerprint density at radius 1 is 1.20 bits per heavy atom. The second kappa shape index (κ2) is 7.77. The average Bonchev–Trinajstić information content (AvgIpc) is 2.38. The maximum absolute atomic E-state index is 6.13. The summed E-state index contributed by atoms with van der Waals surface area (Å²) < 4.78 is 6.13. The SMILES string of the molecule is CCCNC(C1CC(C)CC(C)C1)C1CN(C)CCO1. The first-order chi connectivity index (χ1) is 9.60. The summed E-state index contributed by atoms with van der Waals surface area (Å²) in [5.41, 5.74) is 0. The van der Waals surface area contributed by atoms with Gasteiger partial charge in [-0.05, 0) is 57.0 Å². The van der Waals surface area contributed by atoms with Gasteiger partial charge in [0.15, 0.2) is 0 Å². The molecule has 0 aromatic carbocycles. The van der Waals surface area contributed by atoms with Gasteiger partial charge in [-0.2, -0.15) is 0 Å². The third kappa shape index (κ3) is 4.44. The number of nitrogens with one attached hydrogen (secondary N) is 1. The van der Waals surface area contributed by atoms with Crippen LogP contribution >= 0.6 is 0 Å². The van der Waals surface area contributed by atoms with Crippen molar-refractivity contribution in [3.05, 3.63) is 0 Å². The Bertz CT molecular complexity index is 274. The van der Waals surface area contributed by atoms with Gasteiger partial charge in [-0.3, -0.25) is 0 Å². The van der Waals surface area contributed by atoms with E-state index in [4.69, 9.17) is 4.74 Å². The summed E-state index contributed by atoms with van der Waals surface area (Å²) in [4.78, 5) is 2.42. The van der Waals surface area contributed by atoms with Crippen LogP contribution < -0.4 is 5.32 Å². The van der Waals surface area contributed by atoms with Crippen molar-refractivity contribution in [1.29, 1.82) is 0 Å². The van der Waals surface area contributed by atoms with Crippen LogP contribution in [0.2, 0.25) is 0 Å². The topological polar surface area (TPSA) is 24.5 Å². The average molecular weight is 282 g/mol. The summed E-state index contributed by atoms with van der Waals surface area (Å²) in [5, 5.41) is 3.82. The number of nitrogens with zero attached hydrogens (tertiary/aromatic N) is 1. The van der Waals surface area contributed by atoms with E-state index in [0.717, 1.165) is 44.0 Å². The van der Waals surface area contributed by atoms with Crippen molar-refractivity contribution < 1.29 is 4.74 Å². The lowest BCUT2D eigenvalue weighted by Crippen LogP contribution is -2.55. The smallest absolute Gasteiger partial charge is 0.0857 e. The van der Waals surface area contributed by atoms with Crippen LogP contribution in [0, 0.1) is 17.8 Å². The fourth-order valence-corrected chi connectivity index (χ4v) is 4.24. The molecule has 2 aliphatic rings. The van der Waals surface area contributed by atoms with Crippen LogP contribution in [0.5, 0.6) is 0 Å². The van der Waals surface area contributed by atoms with Crippen LogP contribution in [0.4, 0.5) is 0 Å². The third-order valence-electron chi connectivity index (χ3n) is 5.05. The van der Waals surface area contributed by atoms with Gasteiger partial charge in [0.2, 0.25) is 0 Å². The second-order valence-electron chi connectivity index (χ2n) is 7.33. The Hall–Kier alpha value is -0.120. The first kappa shape index (κ1) is 16.3. The van der Waals surface area contributed by atoms with Gasteiger partial charge >= 0.3 is 0 Å². The van der Waals surface area contributed by atoms with Crippen molar-refractivity contribution in [2.24, 2.45) is 17.8 Å². The van der Waals surface area contributed by atoms with Crippen LogP contribution in [0.15, 0.2) is 0 Å². The summed E-state index contributed by atoms with van der Waals surface area (Å²) in [7, 11) is 2.22. The lowest BCUT2D eigenvalue weighted by molar-refractivity contribution is -0.0560. The molecule has 3 nitrogen and oxygen atoms in total. The van der Waals surface area contributed by atoms with E-state index >= 15 is 0 Å². The van der Waals surface area contributed by atoms with Crippen molar-refractivity contribution in [3.63, 3.8) is 0 Å². The molecular weight excluding hydrogens is 248 g/mol. The minimum Gasteiger partial charge on any atom is -0.374 e. The van der Waals surface area contributed by atoms with Gasteiger partial charge in [0.05, 0.1) is 12.7 Å². The molecule has 2 fully saturated rings. The highest BCUT2D eigenvalue weighted by molar-refractivity contribution is 4.91. The van der Waals surface area contributed by atoms with Crippen molar-refractivity contribution in [3.8, 4) is 0 Å². The third-order valence-corrected chi connectivity index (χ3v) is 5.05. The van der Waals surface area contributed by atoms with Gasteiger partial charge in [-0.15, -0.1) is 0 Å². The normalized spacial score (nSPS) is 37.8. The van der Waals surface area contributed by atoms with E-state index in [1.807, 2.05) is 0 Å². The van der Waals surface area contributed by atoms with E-state index in [0.29, 0.717) is 12.1 Å². The summed E-state index contributed by atoms with van der Waals surface area (Å²) in [5.74, 6) is 2.53. The molecule has 2 rings (SSSR count). The van der Waals surface area contributed by atoms with Gasteiger partial charge in [0.1, 0.15) is 0 Å². The fraction of sp³-hybridized carbons (Fsp3) is 1.00. The highest BCUT2D eigenvalue weighted by Crippen LogP contribution is 2.36. The second-order valence-corrected chi connectivity index (χ2v) is 7.33. The Balaban J connectivity index is 2.01. The zero-order valence-electron chi connectivity index (χ0n) is 13.9. The number of rotatable bonds is 5. The number of likely N-dealkylation sites (N-methyl/N-ethyl adjacent to an activating group) is 1. The molecule has 0 spiro atoms. The quantitative estimate of drug-likeness (QED) is 0.839. The monoisotopic (exact) mass is 282 g/mol. The Labute approximate surface area is 125 Å². The van der Waals surface area contributed by atoms with Crippen LogP contribution in [0.1, 0.15) is 46.5 Å². The molecule has 1 N–H and O–H groups in total. The molecule has 0 amide bonds. The zero-order chi connectivity index (χ0) is 14.5. The summed E-state index contributed by atoms with van der Waals surface area (Å²) in [6.45, 7) is 11.3. The van der Waals surface area contributed by atoms with E-state index in [2.05, 4.69) is 38.0 Å². The van der Waals surface area contributed by atoms with Crippen molar-refractivity contribution in [2.75, 3.05) is 33.3 Å². The zero-order valence-corrected chi connectivity index (χ0v) is 13.9. The van der Waals surface area contributed by atoms with E-state index in [-0.39, 0.29) is 0 Å². The number of ether oxygens (including phenoxy) is 1. The fourth-order valence-electron chi connectivity index (χ4n) is 4.24. The lowest BCUT2D eigenvalue weighted by Gasteiger charge is -2.43. The van der Waals surface area contributed by atoms with Gasteiger partial charge in [-0.1, -0.05) is 20.8 Å². The number of hydrogen-bond donors (Lipinski definition) is 1. The van der Waals surface area contributed by atoms with Crippen LogP contribution in [-0.2, 0) is 4.74 Å². The largest absolute Gasteiger partial charge is 0.374 e. The molecule has 3 heteroatoms. The molecule has 20 heavy (non-hydrogen) atoms. The summed E-state index contributed by atoms with van der Waals surface area (Å²) >= 11 is 0. The van der Waals surface area contributed by atoms with Gasteiger partial charge < -0.3 is 15.0 Å². The molecule has 0 aromatic heterocycles.